The number of pyridine rings is 2. The van der Waals surface area contributed by atoms with E-state index >= 15 is 0 Å². The van der Waals surface area contributed by atoms with Crippen LogP contribution in [-0.4, -0.2) is 34.3 Å². The number of hydrogen-bond donors (Lipinski definition) is 1. The van der Waals surface area contributed by atoms with E-state index in [4.69, 9.17) is 9.84 Å². The van der Waals surface area contributed by atoms with Gasteiger partial charge < -0.3 is 14.4 Å². The zero-order valence-corrected chi connectivity index (χ0v) is 13.8. The SMILES string of the molecule is CCc1nc(CC)c2c(=O)n(CCCO)ccc2c1C(=O)OC. The maximum absolute atomic E-state index is 12.8. The van der Waals surface area contributed by atoms with E-state index in [0.29, 0.717) is 53.5 Å². The number of nitrogens with zero attached hydrogens (tertiary/aromatic N) is 2. The summed E-state index contributed by atoms with van der Waals surface area (Å²) >= 11 is 0. The lowest BCUT2D eigenvalue weighted by Gasteiger charge is -2.14. The van der Waals surface area contributed by atoms with E-state index < -0.39 is 5.97 Å². The highest BCUT2D eigenvalue weighted by Crippen LogP contribution is 2.23. The average Bonchev–Trinajstić information content (AvgIpc) is 2.58. The van der Waals surface area contributed by atoms with Crippen molar-refractivity contribution >= 4 is 16.7 Å². The molecule has 0 amide bonds. The van der Waals surface area contributed by atoms with Crippen LogP contribution in [0.3, 0.4) is 0 Å². The second-order valence-electron chi connectivity index (χ2n) is 5.26. The number of aliphatic hydroxyl groups excluding tert-OH is 1. The number of aromatic nitrogens is 2. The third-order valence-electron chi connectivity index (χ3n) is 3.90. The number of aliphatic hydroxyl groups is 1. The van der Waals surface area contributed by atoms with Gasteiger partial charge in [-0.15, -0.1) is 0 Å². The Kier molecular flexibility index (Phi) is 5.50. The third-order valence-corrected chi connectivity index (χ3v) is 3.90. The fourth-order valence-electron chi connectivity index (χ4n) is 2.75. The molecular weight excluding hydrogens is 296 g/mol. The lowest BCUT2D eigenvalue weighted by atomic mass is 10.0. The van der Waals surface area contributed by atoms with E-state index in [1.807, 2.05) is 13.8 Å². The van der Waals surface area contributed by atoms with Gasteiger partial charge in [0.1, 0.15) is 0 Å². The highest BCUT2D eigenvalue weighted by molar-refractivity contribution is 6.05. The van der Waals surface area contributed by atoms with Gasteiger partial charge in [0.25, 0.3) is 5.56 Å². The molecule has 2 rings (SSSR count). The minimum atomic E-state index is -0.477. The number of carbonyl (C=O) groups excluding carboxylic acids is 1. The zero-order chi connectivity index (χ0) is 17.0. The van der Waals surface area contributed by atoms with Gasteiger partial charge in [-0.3, -0.25) is 9.78 Å². The predicted octanol–water partition coefficient (Wildman–Crippen LogP) is 1.69. The molecule has 0 bridgehead atoms. The summed E-state index contributed by atoms with van der Waals surface area (Å²) in [5.41, 5.74) is 1.52. The van der Waals surface area contributed by atoms with E-state index in [2.05, 4.69) is 4.98 Å². The molecule has 0 aliphatic heterocycles. The molecule has 0 aromatic carbocycles. The molecule has 0 atom stereocenters. The number of ether oxygens (including phenoxy) is 1. The Morgan fingerprint density at radius 1 is 1.30 bits per heavy atom. The van der Waals surface area contributed by atoms with E-state index in [0.717, 1.165) is 0 Å². The zero-order valence-electron chi connectivity index (χ0n) is 13.8. The summed E-state index contributed by atoms with van der Waals surface area (Å²) in [5.74, 6) is -0.477. The van der Waals surface area contributed by atoms with Crippen molar-refractivity contribution in [3.05, 3.63) is 39.6 Å². The maximum Gasteiger partial charge on any atom is 0.340 e. The van der Waals surface area contributed by atoms with Crippen molar-refractivity contribution in [2.75, 3.05) is 13.7 Å². The molecule has 23 heavy (non-hydrogen) atoms. The fourth-order valence-corrected chi connectivity index (χ4v) is 2.75. The van der Waals surface area contributed by atoms with Crippen LogP contribution in [0, 0.1) is 0 Å². The second kappa shape index (κ2) is 7.37. The van der Waals surface area contributed by atoms with Crippen LogP contribution in [0.4, 0.5) is 0 Å². The monoisotopic (exact) mass is 318 g/mol. The lowest BCUT2D eigenvalue weighted by Crippen LogP contribution is -2.23. The van der Waals surface area contributed by atoms with Crippen molar-refractivity contribution in [2.24, 2.45) is 0 Å². The largest absolute Gasteiger partial charge is 0.465 e. The fraction of sp³-hybridized carbons (Fsp3) is 0.471. The first-order valence-electron chi connectivity index (χ1n) is 7.83. The number of methoxy groups -OCH3 is 1. The summed E-state index contributed by atoms with van der Waals surface area (Å²) in [6.07, 6.45) is 3.34. The first kappa shape index (κ1) is 17.1. The van der Waals surface area contributed by atoms with Crippen molar-refractivity contribution in [2.45, 2.75) is 39.7 Å². The number of carbonyl (C=O) groups is 1. The Balaban J connectivity index is 2.83. The Hall–Kier alpha value is -2.21. The van der Waals surface area contributed by atoms with Crippen LogP contribution in [0.2, 0.25) is 0 Å². The topological polar surface area (TPSA) is 81.4 Å². The van der Waals surface area contributed by atoms with Gasteiger partial charge in [-0.25, -0.2) is 4.79 Å². The van der Waals surface area contributed by atoms with Crippen molar-refractivity contribution in [1.82, 2.24) is 9.55 Å². The van der Waals surface area contributed by atoms with Gasteiger partial charge in [-0.05, 0) is 25.3 Å². The molecule has 6 heteroatoms. The summed E-state index contributed by atoms with van der Waals surface area (Å²) in [5, 5.41) is 10.0. The standard InChI is InChI=1S/C17H22N2O4/c1-4-12-14-11(7-9-19(16(14)21)8-6-10-20)15(17(22)23-3)13(5-2)18-12/h7,9,20H,4-6,8,10H2,1-3H3. The molecule has 2 aromatic rings. The molecule has 6 nitrogen and oxygen atoms in total. The molecule has 0 unspecified atom stereocenters. The Bertz CT molecular complexity index is 780. The number of hydrogen-bond acceptors (Lipinski definition) is 5. The van der Waals surface area contributed by atoms with Crippen LogP contribution < -0.4 is 5.56 Å². The number of esters is 1. The van der Waals surface area contributed by atoms with E-state index in [1.54, 1.807) is 16.8 Å². The van der Waals surface area contributed by atoms with Crippen molar-refractivity contribution < 1.29 is 14.6 Å². The van der Waals surface area contributed by atoms with Crippen molar-refractivity contribution in [3.8, 4) is 0 Å². The third kappa shape index (κ3) is 3.12. The van der Waals surface area contributed by atoms with Crippen LogP contribution in [-0.2, 0) is 24.1 Å². The Labute approximate surface area is 134 Å². The minimum Gasteiger partial charge on any atom is -0.465 e. The van der Waals surface area contributed by atoms with Gasteiger partial charge in [-0.2, -0.15) is 0 Å². The van der Waals surface area contributed by atoms with Crippen LogP contribution in [0.5, 0.6) is 0 Å². The Morgan fingerprint density at radius 2 is 2.00 bits per heavy atom. The number of aryl methyl sites for hydroxylation is 3. The molecule has 0 spiro atoms. The van der Waals surface area contributed by atoms with Gasteiger partial charge in [0.2, 0.25) is 0 Å². The molecule has 1 N–H and O–H groups in total. The molecular formula is C17H22N2O4. The summed E-state index contributed by atoms with van der Waals surface area (Å²) in [6, 6.07) is 1.76. The minimum absolute atomic E-state index is 0.0194. The molecule has 0 aliphatic rings. The second-order valence-corrected chi connectivity index (χ2v) is 5.26. The number of rotatable bonds is 6. The van der Waals surface area contributed by atoms with Crippen LogP contribution in [0.25, 0.3) is 10.8 Å². The van der Waals surface area contributed by atoms with E-state index in [1.165, 1.54) is 7.11 Å². The Morgan fingerprint density at radius 3 is 2.57 bits per heavy atom. The highest BCUT2D eigenvalue weighted by atomic mass is 16.5. The van der Waals surface area contributed by atoms with E-state index in [9.17, 15) is 9.59 Å². The summed E-state index contributed by atoms with van der Waals surface area (Å²) < 4.78 is 6.42. The smallest absolute Gasteiger partial charge is 0.340 e. The number of fused-ring (bicyclic) bond motifs is 1. The van der Waals surface area contributed by atoms with Gasteiger partial charge in [0.15, 0.2) is 0 Å². The quantitative estimate of drug-likeness (QED) is 0.820. The molecule has 2 aromatic heterocycles. The van der Waals surface area contributed by atoms with Gasteiger partial charge >= 0.3 is 5.97 Å². The van der Waals surface area contributed by atoms with E-state index in [-0.39, 0.29) is 12.2 Å². The first-order valence-corrected chi connectivity index (χ1v) is 7.83. The van der Waals surface area contributed by atoms with Crippen LogP contribution >= 0.6 is 0 Å². The van der Waals surface area contributed by atoms with Crippen molar-refractivity contribution in [1.29, 1.82) is 0 Å². The molecule has 0 fully saturated rings. The first-order chi connectivity index (χ1) is 11.1. The molecule has 0 saturated heterocycles. The molecule has 2 heterocycles. The lowest BCUT2D eigenvalue weighted by molar-refractivity contribution is 0.0601. The summed E-state index contributed by atoms with van der Waals surface area (Å²) in [7, 11) is 1.32. The van der Waals surface area contributed by atoms with Gasteiger partial charge in [-0.1, -0.05) is 13.8 Å². The predicted molar refractivity (Wildman–Crippen MR) is 87.8 cm³/mol. The normalized spacial score (nSPS) is 11.0. The molecule has 0 aliphatic carbocycles. The van der Waals surface area contributed by atoms with Crippen molar-refractivity contribution in [3.63, 3.8) is 0 Å². The molecule has 124 valence electrons. The van der Waals surface area contributed by atoms with Gasteiger partial charge in [0.05, 0.1) is 29.4 Å². The summed E-state index contributed by atoms with van der Waals surface area (Å²) in [6.45, 7) is 4.30. The summed E-state index contributed by atoms with van der Waals surface area (Å²) in [4.78, 5) is 29.5. The maximum atomic E-state index is 12.8. The molecule has 0 saturated carbocycles. The highest BCUT2D eigenvalue weighted by Gasteiger charge is 2.21. The van der Waals surface area contributed by atoms with Crippen LogP contribution in [0.1, 0.15) is 42.0 Å². The molecule has 0 radical (unpaired) electrons. The average molecular weight is 318 g/mol. The van der Waals surface area contributed by atoms with Gasteiger partial charge in [0, 0.05) is 24.7 Å². The van der Waals surface area contributed by atoms with Crippen LogP contribution in [0.15, 0.2) is 17.1 Å².